The molecule has 1 aliphatic heterocycles. The van der Waals surface area contributed by atoms with E-state index in [-0.39, 0.29) is 16.5 Å². The van der Waals surface area contributed by atoms with Crippen molar-refractivity contribution in [2.24, 2.45) is 10.9 Å². The molecular weight excluding hydrogens is 292 g/mol. The number of carbonyl (C=O) groups is 1. The van der Waals surface area contributed by atoms with Crippen LogP contribution in [0.2, 0.25) is 18.1 Å². The van der Waals surface area contributed by atoms with Crippen molar-refractivity contribution >= 4 is 20.4 Å². The van der Waals surface area contributed by atoms with Gasteiger partial charge in [0.2, 0.25) is 0 Å². The van der Waals surface area contributed by atoms with Gasteiger partial charge in [-0.2, -0.15) is 0 Å². The fourth-order valence-electron chi connectivity index (χ4n) is 1.76. The zero-order chi connectivity index (χ0) is 17.3. The van der Waals surface area contributed by atoms with Crippen molar-refractivity contribution in [3.05, 3.63) is 12.0 Å². The van der Waals surface area contributed by atoms with Crippen molar-refractivity contribution in [1.82, 2.24) is 4.90 Å². The Hall–Kier alpha value is -1.10. The first kappa shape index (κ1) is 18.9. The van der Waals surface area contributed by atoms with E-state index in [1.807, 2.05) is 6.20 Å². The van der Waals surface area contributed by atoms with E-state index < -0.39 is 8.32 Å². The molecule has 1 rings (SSSR count). The van der Waals surface area contributed by atoms with Gasteiger partial charge in [-0.3, -0.25) is 4.79 Å². The van der Waals surface area contributed by atoms with Gasteiger partial charge >= 0.3 is 0 Å². The largest absolute Gasteiger partial charge is 0.541 e. The number of hydrogen-bond donors (Lipinski definition) is 0. The summed E-state index contributed by atoms with van der Waals surface area (Å²) in [5, 5.41) is 0.108. The Kier molecular flexibility index (Phi) is 5.32. The lowest BCUT2D eigenvalue weighted by molar-refractivity contribution is -0.119. The first-order valence-corrected chi connectivity index (χ1v) is 10.9. The van der Waals surface area contributed by atoms with Crippen LogP contribution in [0.3, 0.4) is 0 Å². The fraction of sp³-hybridized carbons (Fsp3) is 0.765. The number of rotatable bonds is 4. The third-order valence-corrected chi connectivity index (χ3v) is 9.62. The highest BCUT2D eigenvalue weighted by molar-refractivity contribution is 6.74. The summed E-state index contributed by atoms with van der Waals surface area (Å²) < 4.78 is 6.33. The molecule has 1 heterocycles. The Morgan fingerprint density at radius 2 is 1.77 bits per heavy atom. The minimum Gasteiger partial charge on any atom is -0.541 e. The highest BCUT2D eigenvalue weighted by Gasteiger charge is 2.40. The zero-order valence-corrected chi connectivity index (χ0v) is 16.7. The van der Waals surface area contributed by atoms with Crippen LogP contribution in [0.1, 0.15) is 48.5 Å². The predicted molar refractivity (Wildman–Crippen MR) is 95.5 cm³/mol. The van der Waals surface area contributed by atoms with E-state index in [2.05, 4.69) is 71.5 Å². The molecule has 5 heteroatoms. The zero-order valence-electron chi connectivity index (χ0n) is 15.7. The van der Waals surface area contributed by atoms with Crippen molar-refractivity contribution in [3.63, 3.8) is 0 Å². The van der Waals surface area contributed by atoms with Crippen molar-refractivity contribution < 1.29 is 9.22 Å². The molecule has 0 atom stereocenters. The molecule has 1 aliphatic rings. The van der Waals surface area contributed by atoms with Gasteiger partial charge < -0.3 is 9.33 Å². The van der Waals surface area contributed by atoms with Gasteiger partial charge in [-0.15, -0.1) is 0 Å². The predicted octanol–water partition coefficient (Wildman–Crippen LogP) is 4.20. The van der Waals surface area contributed by atoms with E-state index in [9.17, 15) is 4.79 Å². The lowest BCUT2D eigenvalue weighted by atomic mass is 9.89. The number of carbonyl (C=O) groups excluding carboxylic acids is 1. The lowest BCUT2D eigenvalue weighted by Gasteiger charge is -2.41. The van der Waals surface area contributed by atoms with Crippen LogP contribution in [0.15, 0.2) is 17.0 Å². The SMILES string of the molecule is CC(C)C(C)(C)N1C=C(O[Si](C)(C)C(C)(C)C)C=NC(=O)C1. The Morgan fingerprint density at radius 1 is 1.23 bits per heavy atom. The molecule has 0 aromatic heterocycles. The molecular formula is C17H32N2O2Si. The minimum atomic E-state index is -1.95. The van der Waals surface area contributed by atoms with Crippen LogP contribution in [0.25, 0.3) is 0 Å². The molecule has 0 N–H and O–H groups in total. The summed E-state index contributed by atoms with van der Waals surface area (Å²) in [5.41, 5.74) is -0.134. The van der Waals surface area contributed by atoms with Crippen LogP contribution >= 0.6 is 0 Å². The lowest BCUT2D eigenvalue weighted by Crippen LogP contribution is -2.47. The van der Waals surface area contributed by atoms with E-state index in [0.717, 1.165) is 0 Å². The van der Waals surface area contributed by atoms with Crippen molar-refractivity contribution in [1.29, 1.82) is 0 Å². The summed E-state index contributed by atoms with van der Waals surface area (Å²) in [4.78, 5) is 18.0. The Bertz CT molecular complexity index is 485. The standard InChI is InChI=1S/C17H32N2O2Si/c1-13(2)17(6,7)19-11-14(10-18-15(20)12-19)21-22(8,9)16(3,4)5/h10-11,13H,12H2,1-9H3. The van der Waals surface area contributed by atoms with Crippen molar-refractivity contribution in [3.8, 4) is 0 Å². The van der Waals surface area contributed by atoms with E-state index in [1.165, 1.54) is 0 Å². The molecule has 1 amide bonds. The normalized spacial score (nSPS) is 17.6. The minimum absolute atomic E-state index is 0.108. The number of aliphatic imine (C=N–C) groups is 1. The van der Waals surface area contributed by atoms with Crippen LogP contribution in [0, 0.1) is 5.92 Å². The summed E-state index contributed by atoms with van der Waals surface area (Å²) >= 11 is 0. The van der Waals surface area contributed by atoms with Gasteiger partial charge in [0.15, 0.2) is 0 Å². The van der Waals surface area contributed by atoms with Crippen LogP contribution in [-0.2, 0) is 9.22 Å². The van der Waals surface area contributed by atoms with Crippen LogP contribution in [0.4, 0.5) is 0 Å². The molecule has 0 fully saturated rings. The first-order chi connectivity index (χ1) is 9.77. The number of hydrogen-bond acceptors (Lipinski definition) is 3. The molecule has 0 saturated heterocycles. The topological polar surface area (TPSA) is 41.9 Å². The van der Waals surface area contributed by atoms with Crippen LogP contribution in [0.5, 0.6) is 0 Å². The third-order valence-electron chi connectivity index (χ3n) is 5.26. The number of nitrogens with zero attached hydrogens (tertiary/aromatic N) is 2. The maximum Gasteiger partial charge on any atom is 0.265 e. The quantitative estimate of drug-likeness (QED) is 0.728. The maximum atomic E-state index is 12.0. The second-order valence-corrected chi connectivity index (χ2v) is 13.2. The van der Waals surface area contributed by atoms with Gasteiger partial charge in [-0.25, -0.2) is 4.99 Å². The van der Waals surface area contributed by atoms with Crippen LogP contribution < -0.4 is 0 Å². The molecule has 0 aliphatic carbocycles. The Labute approximate surface area is 136 Å². The summed E-state index contributed by atoms with van der Waals surface area (Å²) in [6.45, 7) is 19.9. The molecule has 0 spiro atoms. The molecule has 22 heavy (non-hydrogen) atoms. The van der Waals surface area contributed by atoms with Gasteiger partial charge in [0.05, 0.1) is 12.8 Å². The average molecular weight is 325 g/mol. The highest BCUT2D eigenvalue weighted by Crippen LogP contribution is 2.38. The van der Waals surface area contributed by atoms with Gasteiger partial charge in [0.25, 0.3) is 14.2 Å². The Balaban J connectivity index is 3.13. The van der Waals surface area contributed by atoms with Crippen molar-refractivity contribution in [2.45, 2.75) is 72.1 Å². The monoisotopic (exact) mass is 324 g/mol. The number of allylic oxidation sites excluding steroid dienone is 1. The first-order valence-electron chi connectivity index (χ1n) is 8.02. The number of amides is 1. The summed E-state index contributed by atoms with van der Waals surface area (Å²) in [6, 6.07) is 0. The smallest absolute Gasteiger partial charge is 0.265 e. The molecule has 0 aromatic rings. The molecule has 0 saturated carbocycles. The highest BCUT2D eigenvalue weighted by atomic mass is 28.4. The molecule has 126 valence electrons. The second kappa shape index (κ2) is 6.18. The Morgan fingerprint density at radius 3 is 2.23 bits per heavy atom. The summed E-state index contributed by atoms with van der Waals surface area (Å²) in [5.74, 6) is 0.980. The average Bonchev–Trinajstić information content (AvgIpc) is 2.50. The van der Waals surface area contributed by atoms with E-state index in [1.54, 1.807) is 6.21 Å². The fourth-order valence-corrected chi connectivity index (χ4v) is 2.76. The molecule has 0 bridgehead atoms. The summed E-state index contributed by atoms with van der Waals surface area (Å²) in [6.07, 6.45) is 3.55. The van der Waals surface area contributed by atoms with Gasteiger partial charge in [-0.05, 0) is 37.9 Å². The van der Waals surface area contributed by atoms with E-state index in [4.69, 9.17) is 4.43 Å². The third kappa shape index (κ3) is 4.21. The van der Waals surface area contributed by atoms with Crippen LogP contribution in [-0.4, -0.2) is 37.4 Å². The molecule has 0 aromatic carbocycles. The molecule has 0 unspecified atom stereocenters. The summed E-state index contributed by atoms with van der Waals surface area (Å²) in [7, 11) is -1.95. The van der Waals surface area contributed by atoms with E-state index >= 15 is 0 Å². The van der Waals surface area contributed by atoms with Gasteiger partial charge in [-0.1, -0.05) is 34.6 Å². The second-order valence-electron chi connectivity index (χ2n) is 8.48. The van der Waals surface area contributed by atoms with Gasteiger partial charge in [0.1, 0.15) is 5.76 Å². The molecule has 0 radical (unpaired) electrons. The van der Waals surface area contributed by atoms with E-state index in [0.29, 0.717) is 18.2 Å². The molecule has 4 nitrogen and oxygen atoms in total. The van der Waals surface area contributed by atoms with Gasteiger partial charge in [0, 0.05) is 11.7 Å². The maximum absolute atomic E-state index is 12.0. The van der Waals surface area contributed by atoms with Crippen molar-refractivity contribution in [2.75, 3.05) is 6.54 Å².